The van der Waals surface area contributed by atoms with Crippen molar-refractivity contribution in [1.82, 2.24) is 0 Å². The Kier molecular flexibility index (Phi) is 2.74. The molecule has 0 saturated heterocycles. The summed E-state index contributed by atoms with van der Waals surface area (Å²) < 4.78 is 0. The Morgan fingerprint density at radius 2 is 2.33 bits per heavy atom. The van der Waals surface area contributed by atoms with Gasteiger partial charge in [0.15, 0.2) is 0 Å². The minimum absolute atomic E-state index is 0.275. The van der Waals surface area contributed by atoms with Gasteiger partial charge in [0.05, 0.1) is 0 Å². The molecule has 0 bridgehead atoms. The van der Waals surface area contributed by atoms with E-state index in [2.05, 4.69) is 10.0 Å². The van der Waals surface area contributed by atoms with Crippen LogP contribution in [0.25, 0.3) is 10.4 Å². The number of hydrogen-bond acceptors (Lipinski definition) is 2. The molecular formula is C5H9N3O. The van der Waals surface area contributed by atoms with Gasteiger partial charge in [0, 0.05) is 16.9 Å². The van der Waals surface area contributed by atoms with Crippen molar-refractivity contribution in [2.45, 2.75) is 25.8 Å². The van der Waals surface area contributed by atoms with E-state index in [1.165, 1.54) is 0 Å². The monoisotopic (exact) mass is 127 g/mol. The molecule has 50 valence electrons. The predicted octanol–water partition coefficient (Wildman–Crippen LogP) is 1.66. The Bertz CT molecular complexity index is 146. The van der Waals surface area contributed by atoms with Crippen LogP contribution in [0.5, 0.6) is 0 Å². The Balaban J connectivity index is 3.99. The molecule has 0 aliphatic carbocycles. The summed E-state index contributed by atoms with van der Waals surface area (Å²) in [6.07, 6.45) is 1.02. The minimum Gasteiger partial charge on any atom is -0.303 e. The van der Waals surface area contributed by atoms with Crippen LogP contribution in [0.3, 0.4) is 0 Å². The smallest absolute Gasteiger partial charge is 0.120 e. The molecular weight excluding hydrogens is 118 g/mol. The third-order valence-corrected chi connectivity index (χ3v) is 0.898. The van der Waals surface area contributed by atoms with Crippen molar-refractivity contribution in [3.05, 3.63) is 10.4 Å². The normalized spacial score (nSPS) is 10.0. The first-order chi connectivity index (χ1) is 4.12. The maximum Gasteiger partial charge on any atom is 0.120 e. The molecule has 0 aromatic heterocycles. The average molecular weight is 127 g/mol. The molecule has 0 atom stereocenters. The summed E-state index contributed by atoms with van der Waals surface area (Å²) in [6, 6.07) is 0. The van der Waals surface area contributed by atoms with E-state index in [1.807, 2.05) is 0 Å². The van der Waals surface area contributed by atoms with Gasteiger partial charge in [-0.3, -0.25) is 0 Å². The first-order valence-electron chi connectivity index (χ1n) is 2.62. The lowest BCUT2D eigenvalue weighted by molar-refractivity contribution is -0.108. The summed E-state index contributed by atoms with van der Waals surface area (Å²) in [7, 11) is 0. The SMILES string of the molecule is CC(C)(CC=O)N=[N+]=[N-]. The van der Waals surface area contributed by atoms with Crippen LogP contribution in [0, 0.1) is 0 Å². The van der Waals surface area contributed by atoms with E-state index in [0.717, 1.165) is 6.29 Å². The second kappa shape index (κ2) is 3.10. The fourth-order valence-corrected chi connectivity index (χ4v) is 0.366. The number of hydrogen-bond donors (Lipinski definition) is 0. The molecule has 0 aromatic rings. The topological polar surface area (TPSA) is 65.8 Å². The van der Waals surface area contributed by atoms with Gasteiger partial charge in [0.1, 0.15) is 6.29 Å². The lowest BCUT2D eigenvalue weighted by Crippen LogP contribution is -2.15. The van der Waals surface area contributed by atoms with Crippen molar-refractivity contribution in [2.24, 2.45) is 5.11 Å². The van der Waals surface area contributed by atoms with Crippen molar-refractivity contribution in [1.29, 1.82) is 0 Å². The zero-order valence-electron chi connectivity index (χ0n) is 5.53. The average Bonchev–Trinajstić information content (AvgIpc) is 1.64. The van der Waals surface area contributed by atoms with Gasteiger partial charge in [-0.05, 0) is 5.53 Å². The number of aldehydes is 1. The minimum atomic E-state index is -0.559. The van der Waals surface area contributed by atoms with Crippen molar-refractivity contribution in [3.8, 4) is 0 Å². The summed E-state index contributed by atoms with van der Waals surface area (Å²) in [4.78, 5) is 12.5. The maximum absolute atomic E-state index is 9.91. The molecule has 0 heterocycles. The Morgan fingerprint density at radius 3 is 2.67 bits per heavy atom. The molecule has 0 N–H and O–H groups in total. The summed E-state index contributed by atoms with van der Waals surface area (Å²) in [6.45, 7) is 3.42. The standard InChI is InChI=1S/C5H9N3O/c1-5(2,3-4-9)7-8-6/h4H,3H2,1-2H3. The molecule has 0 saturated carbocycles. The van der Waals surface area contributed by atoms with Gasteiger partial charge in [-0.1, -0.05) is 19.0 Å². The molecule has 0 rings (SSSR count). The van der Waals surface area contributed by atoms with Crippen molar-refractivity contribution >= 4 is 6.29 Å². The van der Waals surface area contributed by atoms with Crippen molar-refractivity contribution in [3.63, 3.8) is 0 Å². The first-order valence-corrected chi connectivity index (χ1v) is 2.62. The zero-order valence-corrected chi connectivity index (χ0v) is 5.53. The van der Waals surface area contributed by atoms with E-state index < -0.39 is 5.54 Å². The quantitative estimate of drug-likeness (QED) is 0.246. The van der Waals surface area contributed by atoms with E-state index in [0.29, 0.717) is 0 Å². The Hall–Kier alpha value is -1.02. The molecule has 0 spiro atoms. The predicted molar refractivity (Wildman–Crippen MR) is 33.9 cm³/mol. The van der Waals surface area contributed by atoms with E-state index in [1.54, 1.807) is 13.8 Å². The molecule has 0 unspecified atom stereocenters. The van der Waals surface area contributed by atoms with Crippen LogP contribution < -0.4 is 0 Å². The number of rotatable bonds is 3. The molecule has 0 fully saturated rings. The number of carbonyl (C=O) groups excluding carboxylic acids is 1. The Labute approximate surface area is 53.5 Å². The zero-order chi connectivity index (χ0) is 7.33. The molecule has 0 radical (unpaired) electrons. The highest BCUT2D eigenvalue weighted by Gasteiger charge is 2.13. The highest BCUT2D eigenvalue weighted by atomic mass is 16.1. The number of azide groups is 1. The van der Waals surface area contributed by atoms with Crippen LogP contribution in [-0.4, -0.2) is 11.8 Å². The van der Waals surface area contributed by atoms with Crippen LogP contribution in [-0.2, 0) is 4.79 Å². The molecule has 4 nitrogen and oxygen atoms in total. The molecule has 0 aliphatic heterocycles. The van der Waals surface area contributed by atoms with Gasteiger partial charge < -0.3 is 4.79 Å². The van der Waals surface area contributed by atoms with Crippen LogP contribution in [0.4, 0.5) is 0 Å². The fourth-order valence-electron chi connectivity index (χ4n) is 0.366. The van der Waals surface area contributed by atoms with Gasteiger partial charge in [0.25, 0.3) is 0 Å². The van der Waals surface area contributed by atoms with E-state index >= 15 is 0 Å². The molecule has 0 aliphatic rings. The highest BCUT2D eigenvalue weighted by Crippen LogP contribution is 2.11. The molecule has 0 amide bonds. The first kappa shape index (κ1) is 7.98. The van der Waals surface area contributed by atoms with Crippen molar-refractivity contribution in [2.75, 3.05) is 0 Å². The summed E-state index contributed by atoms with van der Waals surface area (Å²) >= 11 is 0. The van der Waals surface area contributed by atoms with Gasteiger partial charge >= 0.3 is 0 Å². The van der Waals surface area contributed by atoms with Gasteiger partial charge in [-0.2, -0.15) is 0 Å². The van der Waals surface area contributed by atoms with Crippen LogP contribution in [0.2, 0.25) is 0 Å². The largest absolute Gasteiger partial charge is 0.303 e. The third kappa shape index (κ3) is 3.55. The second-order valence-corrected chi connectivity index (χ2v) is 2.37. The van der Waals surface area contributed by atoms with E-state index in [4.69, 9.17) is 5.53 Å². The molecule has 9 heavy (non-hydrogen) atoms. The van der Waals surface area contributed by atoms with E-state index in [9.17, 15) is 4.79 Å². The molecule has 0 aromatic carbocycles. The molecule has 4 heteroatoms. The fraction of sp³-hybridized carbons (Fsp3) is 0.800. The van der Waals surface area contributed by atoms with Crippen LogP contribution in [0.15, 0.2) is 5.11 Å². The van der Waals surface area contributed by atoms with Crippen molar-refractivity contribution < 1.29 is 4.79 Å². The third-order valence-electron chi connectivity index (χ3n) is 0.898. The Morgan fingerprint density at radius 1 is 1.78 bits per heavy atom. The lowest BCUT2D eigenvalue weighted by atomic mass is 10.0. The van der Waals surface area contributed by atoms with Crippen LogP contribution >= 0.6 is 0 Å². The number of nitrogens with zero attached hydrogens (tertiary/aromatic N) is 3. The summed E-state index contributed by atoms with van der Waals surface area (Å²) in [5.41, 5.74) is 7.41. The van der Waals surface area contributed by atoms with Gasteiger partial charge in [-0.15, -0.1) is 0 Å². The summed E-state index contributed by atoms with van der Waals surface area (Å²) in [5.74, 6) is 0. The summed E-state index contributed by atoms with van der Waals surface area (Å²) in [5, 5.41) is 3.40. The maximum atomic E-state index is 9.91. The highest BCUT2D eigenvalue weighted by molar-refractivity contribution is 5.51. The van der Waals surface area contributed by atoms with Crippen LogP contribution in [0.1, 0.15) is 20.3 Å². The van der Waals surface area contributed by atoms with E-state index in [-0.39, 0.29) is 6.42 Å². The second-order valence-electron chi connectivity index (χ2n) is 2.37. The van der Waals surface area contributed by atoms with Gasteiger partial charge in [0.2, 0.25) is 0 Å². The van der Waals surface area contributed by atoms with Gasteiger partial charge in [-0.25, -0.2) is 0 Å². The number of carbonyl (C=O) groups is 1. The lowest BCUT2D eigenvalue weighted by Gasteiger charge is -2.11.